The number of nitrogens with zero attached hydrogens (tertiary/aromatic N) is 2. The Hall–Kier alpha value is -4.21. The number of hydrogen-bond donors (Lipinski definition) is 2. The Morgan fingerprint density at radius 1 is 1.11 bits per heavy atom. The van der Waals surface area contributed by atoms with Crippen LogP contribution in [0.1, 0.15) is 43.0 Å². The molecule has 1 fully saturated rings. The number of benzene rings is 2. The van der Waals surface area contributed by atoms with Crippen molar-refractivity contribution in [3.63, 3.8) is 0 Å². The molecule has 0 aliphatic heterocycles. The van der Waals surface area contributed by atoms with Gasteiger partial charge in [0.25, 0.3) is 5.91 Å². The van der Waals surface area contributed by atoms with Gasteiger partial charge in [-0.15, -0.1) is 0 Å². The van der Waals surface area contributed by atoms with Crippen LogP contribution < -0.4 is 10.6 Å². The first-order valence-corrected chi connectivity index (χ1v) is 12.6. The highest BCUT2D eigenvalue weighted by Gasteiger charge is 2.30. The van der Waals surface area contributed by atoms with Gasteiger partial charge in [-0.2, -0.15) is 0 Å². The second-order valence-electron chi connectivity index (χ2n) is 9.67. The molecule has 38 heavy (non-hydrogen) atoms. The van der Waals surface area contributed by atoms with E-state index in [2.05, 4.69) is 20.4 Å². The molecule has 3 aromatic rings. The molecule has 2 aromatic carbocycles. The number of ether oxygens (including phenoxy) is 1. The highest BCUT2D eigenvalue weighted by molar-refractivity contribution is 5.94. The Kier molecular flexibility index (Phi) is 8.40. The highest BCUT2D eigenvalue weighted by Crippen LogP contribution is 2.27. The summed E-state index contributed by atoms with van der Waals surface area (Å²) < 4.78 is 10.5. The summed E-state index contributed by atoms with van der Waals surface area (Å²) in [6.45, 7) is 1.84. The van der Waals surface area contributed by atoms with Crippen molar-refractivity contribution in [3.8, 4) is 11.5 Å². The van der Waals surface area contributed by atoms with Crippen molar-refractivity contribution in [2.75, 3.05) is 20.7 Å². The number of para-hydroxylation sites is 2. The van der Waals surface area contributed by atoms with Crippen LogP contribution >= 0.6 is 0 Å². The minimum Gasteiger partial charge on any atom is -0.467 e. The minimum absolute atomic E-state index is 0.0535. The number of aromatic nitrogens is 1. The molecule has 10 heteroatoms. The lowest BCUT2D eigenvalue weighted by Crippen LogP contribution is -2.45. The molecule has 1 aliphatic rings. The van der Waals surface area contributed by atoms with Crippen molar-refractivity contribution in [1.82, 2.24) is 20.5 Å². The second-order valence-corrected chi connectivity index (χ2v) is 9.67. The highest BCUT2D eigenvalue weighted by atomic mass is 16.5. The average Bonchev–Trinajstić information content (AvgIpc) is 3.53. The Bertz CT molecular complexity index is 1290. The Morgan fingerprint density at radius 3 is 2.53 bits per heavy atom. The first-order valence-electron chi connectivity index (χ1n) is 12.6. The number of rotatable bonds is 9. The first kappa shape index (κ1) is 26.8. The summed E-state index contributed by atoms with van der Waals surface area (Å²) in [7, 11) is 2.98. The third-order valence-corrected chi connectivity index (χ3v) is 6.71. The van der Waals surface area contributed by atoms with E-state index in [1.165, 1.54) is 14.0 Å². The van der Waals surface area contributed by atoms with Gasteiger partial charge in [-0.25, -0.2) is 9.78 Å². The standard InChI is InChI=1S/C28H32N4O6/c1-17(33)29-23(28(36)37-3)15-25(34)30-21-13-8-18(14-21)16-32(2)27(35)20-11-9-19(10-12-20)26-31-22-6-4-5-7-24(22)38-26/h4-7,9-12,18,21,23H,8,13-16H2,1-3H3,(H,29,33)(H,30,34)/t18-,21+,23+/m1/s1. The third-order valence-electron chi connectivity index (χ3n) is 6.71. The summed E-state index contributed by atoms with van der Waals surface area (Å²) in [5.41, 5.74) is 2.86. The summed E-state index contributed by atoms with van der Waals surface area (Å²) in [5.74, 6) is -0.752. The van der Waals surface area contributed by atoms with Crippen LogP contribution in [0.5, 0.6) is 0 Å². The third kappa shape index (κ3) is 6.56. The van der Waals surface area contributed by atoms with Gasteiger partial charge in [-0.05, 0) is 61.6 Å². The van der Waals surface area contributed by atoms with Gasteiger partial charge in [0.1, 0.15) is 11.6 Å². The Morgan fingerprint density at radius 2 is 1.84 bits per heavy atom. The van der Waals surface area contributed by atoms with E-state index >= 15 is 0 Å². The molecule has 1 aliphatic carbocycles. The van der Waals surface area contributed by atoms with E-state index in [0.717, 1.165) is 30.3 Å². The normalized spacial score (nSPS) is 17.6. The molecule has 0 unspecified atom stereocenters. The van der Waals surface area contributed by atoms with Crippen molar-refractivity contribution < 1.29 is 28.3 Å². The zero-order valence-corrected chi connectivity index (χ0v) is 21.7. The van der Waals surface area contributed by atoms with E-state index in [1.807, 2.05) is 36.4 Å². The minimum atomic E-state index is -1.02. The number of esters is 1. The number of methoxy groups -OCH3 is 1. The van der Waals surface area contributed by atoms with E-state index < -0.39 is 17.9 Å². The predicted octanol–water partition coefficient (Wildman–Crippen LogP) is 2.92. The van der Waals surface area contributed by atoms with Crippen molar-refractivity contribution >= 4 is 34.8 Å². The summed E-state index contributed by atoms with van der Waals surface area (Å²) in [5, 5.41) is 5.38. The number of fused-ring (bicyclic) bond motifs is 1. The van der Waals surface area contributed by atoms with Crippen LogP contribution in [0.2, 0.25) is 0 Å². The molecule has 4 rings (SSSR count). The van der Waals surface area contributed by atoms with Gasteiger partial charge in [-0.1, -0.05) is 12.1 Å². The predicted molar refractivity (Wildman–Crippen MR) is 140 cm³/mol. The average molecular weight is 521 g/mol. The molecule has 0 bridgehead atoms. The number of nitrogens with one attached hydrogen (secondary N) is 2. The smallest absolute Gasteiger partial charge is 0.328 e. The second kappa shape index (κ2) is 11.9. The molecule has 3 amide bonds. The molecule has 10 nitrogen and oxygen atoms in total. The fraction of sp³-hybridized carbons (Fsp3) is 0.393. The maximum absolute atomic E-state index is 13.0. The van der Waals surface area contributed by atoms with Crippen LogP contribution in [0.3, 0.4) is 0 Å². The van der Waals surface area contributed by atoms with Gasteiger partial charge in [0.15, 0.2) is 5.58 Å². The Labute approximate surface area is 220 Å². The largest absolute Gasteiger partial charge is 0.467 e. The van der Waals surface area contributed by atoms with Crippen molar-refractivity contribution in [2.24, 2.45) is 5.92 Å². The maximum atomic E-state index is 13.0. The zero-order valence-electron chi connectivity index (χ0n) is 21.7. The van der Waals surface area contributed by atoms with Crippen molar-refractivity contribution in [1.29, 1.82) is 0 Å². The SMILES string of the molecule is COC(=O)[C@H](CC(=O)N[C@H]1CC[C@@H](CN(C)C(=O)c2ccc(-c3nc4ccccc4o3)cc2)C1)NC(C)=O. The molecule has 1 heterocycles. The lowest BCUT2D eigenvalue weighted by molar-refractivity contribution is -0.146. The van der Waals surface area contributed by atoms with Gasteiger partial charge in [-0.3, -0.25) is 14.4 Å². The van der Waals surface area contributed by atoms with Crippen LogP contribution in [0.15, 0.2) is 52.9 Å². The van der Waals surface area contributed by atoms with Crippen LogP contribution in [0.25, 0.3) is 22.6 Å². The number of carbonyl (C=O) groups is 4. The van der Waals surface area contributed by atoms with Crippen LogP contribution in [0.4, 0.5) is 0 Å². The maximum Gasteiger partial charge on any atom is 0.328 e. The fourth-order valence-corrected chi connectivity index (χ4v) is 4.87. The van der Waals surface area contributed by atoms with Gasteiger partial charge in [0.05, 0.1) is 13.5 Å². The molecule has 1 aromatic heterocycles. The number of carbonyl (C=O) groups excluding carboxylic acids is 4. The van der Waals surface area contributed by atoms with E-state index in [0.29, 0.717) is 23.6 Å². The molecule has 2 N–H and O–H groups in total. The summed E-state index contributed by atoms with van der Waals surface area (Å²) in [6, 6.07) is 13.7. The molecule has 1 saturated carbocycles. The fourth-order valence-electron chi connectivity index (χ4n) is 4.87. The summed E-state index contributed by atoms with van der Waals surface area (Å²) in [4.78, 5) is 54.9. The molecule has 0 spiro atoms. The lowest BCUT2D eigenvalue weighted by atomic mass is 10.1. The van der Waals surface area contributed by atoms with Gasteiger partial charge in [0.2, 0.25) is 17.7 Å². The molecular weight excluding hydrogens is 488 g/mol. The number of hydrogen-bond acceptors (Lipinski definition) is 7. The molecule has 0 saturated heterocycles. The Balaban J connectivity index is 1.27. The quantitative estimate of drug-likeness (QED) is 0.415. The van der Waals surface area contributed by atoms with E-state index in [9.17, 15) is 19.2 Å². The molecule has 3 atom stereocenters. The van der Waals surface area contributed by atoms with Crippen LogP contribution in [-0.4, -0.2) is 66.4 Å². The van der Waals surface area contributed by atoms with E-state index in [1.54, 1.807) is 24.1 Å². The van der Waals surface area contributed by atoms with Gasteiger partial charge < -0.3 is 24.7 Å². The molecule has 0 radical (unpaired) electrons. The van der Waals surface area contributed by atoms with Crippen molar-refractivity contribution in [3.05, 3.63) is 54.1 Å². The topological polar surface area (TPSA) is 131 Å². The van der Waals surface area contributed by atoms with E-state index in [4.69, 9.17) is 4.42 Å². The number of oxazole rings is 1. The zero-order chi connectivity index (χ0) is 27.2. The summed E-state index contributed by atoms with van der Waals surface area (Å²) in [6.07, 6.45) is 2.18. The first-order chi connectivity index (χ1) is 18.2. The van der Waals surface area contributed by atoms with Crippen molar-refractivity contribution in [2.45, 2.75) is 44.7 Å². The van der Waals surface area contributed by atoms with Crippen LogP contribution in [-0.2, 0) is 19.1 Å². The van der Waals surface area contributed by atoms with Gasteiger partial charge >= 0.3 is 5.97 Å². The number of amides is 3. The summed E-state index contributed by atoms with van der Waals surface area (Å²) >= 11 is 0. The van der Waals surface area contributed by atoms with E-state index in [-0.39, 0.29) is 30.2 Å². The lowest BCUT2D eigenvalue weighted by Gasteiger charge is -2.22. The molecule has 200 valence electrons. The van der Waals surface area contributed by atoms with Crippen LogP contribution in [0, 0.1) is 5.92 Å². The van der Waals surface area contributed by atoms with Gasteiger partial charge in [0, 0.05) is 37.7 Å². The molecular formula is C28H32N4O6. The monoisotopic (exact) mass is 520 g/mol.